The Morgan fingerprint density at radius 1 is 1.23 bits per heavy atom. The minimum atomic E-state index is -3.00. The van der Waals surface area contributed by atoms with E-state index in [1.807, 2.05) is 12.1 Å². The Bertz CT molecular complexity index is 634. The van der Waals surface area contributed by atoms with Crippen LogP contribution in [0.1, 0.15) is 38.3 Å². The molecule has 1 atom stereocenters. The largest absolute Gasteiger partial charge is 0.350 e. The van der Waals surface area contributed by atoms with Gasteiger partial charge in [-0.15, -0.1) is 0 Å². The number of sulfone groups is 1. The highest BCUT2D eigenvalue weighted by Gasteiger charge is 2.39. The van der Waals surface area contributed by atoms with E-state index in [1.54, 1.807) is 6.92 Å². The number of hydrogen-bond acceptors (Lipinski definition) is 3. The molecule has 1 saturated heterocycles. The Morgan fingerprint density at radius 2 is 1.82 bits per heavy atom. The second-order valence-electron chi connectivity index (χ2n) is 7.04. The zero-order valence-corrected chi connectivity index (χ0v) is 14.4. The lowest BCUT2D eigenvalue weighted by Crippen LogP contribution is -2.47. The summed E-state index contributed by atoms with van der Waals surface area (Å²) in [5.74, 6) is 0.696. The second-order valence-corrected chi connectivity index (χ2v) is 9.23. The summed E-state index contributed by atoms with van der Waals surface area (Å²) < 4.78 is 23.1. The minimum absolute atomic E-state index is 0.0407. The van der Waals surface area contributed by atoms with Gasteiger partial charge in [0.15, 0.2) is 9.84 Å². The average molecular weight is 323 g/mol. The zero-order chi connectivity index (χ0) is 16.4. The molecule has 0 spiro atoms. The second kappa shape index (κ2) is 6.41. The van der Waals surface area contributed by atoms with Crippen molar-refractivity contribution < 1.29 is 13.2 Å². The van der Waals surface area contributed by atoms with Gasteiger partial charge in [0.2, 0.25) is 5.91 Å². The average Bonchev–Trinajstić information content (AvgIpc) is 2.64. The third-order valence-electron chi connectivity index (χ3n) is 3.98. The van der Waals surface area contributed by atoms with Crippen LogP contribution in [0.4, 0.5) is 0 Å². The third kappa shape index (κ3) is 4.83. The van der Waals surface area contributed by atoms with Gasteiger partial charge in [-0.3, -0.25) is 4.79 Å². The standard InChI is InChI=1S/C17H25NO3S/c1-13(2)10-14-4-6-15(7-5-14)11-16(19)18-17(3)8-9-22(20,21)12-17/h4-7,13H,8-12H2,1-3H3,(H,18,19). The van der Waals surface area contributed by atoms with E-state index in [1.165, 1.54) is 5.56 Å². The smallest absolute Gasteiger partial charge is 0.224 e. The monoisotopic (exact) mass is 323 g/mol. The summed E-state index contributed by atoms with van der Waals surface area (Å²) in [5.41, 5.74) is 1.61. The molecular formula is C17H25NO3S. The molecule has 22 heavy (non-hydrogen) atoms. The lowest BCUT2D eigenvalue weighted by Gasteiger charge is -2.23. The molecule has 1 aromatic carbocycles. The number of benzene rings is 1. The first kappa shape index (κ1) is 17.0. The highest BCUT2D eigenvalue weighted by molar-refractivity contribution is 7.91. The number of hydrogen-bond donors (Lipinski definition) is 1. The number of carbonyl (C=O) groups is 1. The summed E-state index contributed by atoms with van der Waals surface area (Å²) in [6.07, 6.45) is 1.81. The van der Waals surface area contributed by atoms with E-state index >= 15 is 0 Å². The van der Waals surface area contributed by atoms with Crippen LogP contribution in [0.5, 0.6) is 0 Å². The van der Waals surface area contributed by atoms with Crippen molar-refractivity contribution in [2.75, 3.05) is 11.5 Å². The van der Waals surface area contributed by atoms with Gasteiger partial charge in [-0.05, 0) is 36.8 Å². The first-order valence-electron chi connectivity index (χ1n) is 7.77. The summed E-state index contributed by atoms with van der Waals surface area (Å²) in [7, 11) is -3.00. The topological polar surface area (TPSA) is 63.2 Å². The summed E-state index contributed by atoms with van der Waals surface area (Å²) in [6.45, 7) is 6.16. The fourth-order valence-corrected chi connectivity index (χ4v) is 5.03. The molecule has 5 heteroatoms. The van der Waals surface area contributed by atoms with Crippen molar-refractivity contribution in [3.63, 3.8) is 0 Å². The van der Waals surface area contributed by atoms with Crippen LogP contribution >= 0.6 is 0 Å². The van der Waals surface area contributed by atoms with Gasteiger partial charge in [-0.1, -0.05) is 38.1 Å². The molecule has 1 N–H and O–H groups in total. The van der Waals surface area contributed by atoms with Crippen molar-refractivity contribution in [2.24, 2.45) is 5.92 Å². The molecule has 0 aliphatic carbocycles. The molecule has 0 radical (unpaired) electrons. The minimum Gasteiger partial charge on any atom is -0.350 e. The number of carbonyl (C=O) groups excluding carboxylic acids is 1. The first-order valence-corrected chi connectivity index (χ1v) is 9.59. The Hall–Kier alpha value is -1.36. The Balaban J connectivity index is 1.92. The van der Waals surface area contributed by atoms with Crippen LogP contribution in [0.15, 0.2) is 24.3 Å². The van der Waals surface area contributed by atoms with Gasteiger partial charge in [-0.25, -0.2) is 8.42 Å². The molecule has 1 heterocycles. The quantitative estimate of drug-likeness (QED) is 0.903. The summed E-state index contributed by atoms with van der Waals surface area (Å²) in [6, 6.07) is 8.07. The van der Waals surface area contributed by atoms with Crippen LogP contribution < -0.4 is 5.32 Å². The van der Waals surface area contributed by atoms with Gasteiger partial charge in [0.25, 0.3) is 0 Å². The number of amides is 1. The van der Waals surface area contributed by atoms with E-state index < -0.39 is 15.4 Å². The molecule has 0 saturated carbocycles. The predicted molar refractivity (Wildman–Crippen MR) is 88.5 cm³/mol. The fourth-order valence-electron chi connectivity index (χ4n) is 2.94. The van der Waals surface area contributed by atoms with Crippen LogP contribution in [-0.4, -0.2) is 31.4 Å². The summed E-state index contributed by atoms with van der Waals surface area (Å²) >= 11 is 0. The molecule has 0 aromatic heterocycles. The van der Waals surface area contributed by atoms with Gasteiger partial charge in [-0.2, -0.15) is 0 Å². The molecule has 1 fully saturated rings. The Labute approximate surface area is 133 Å². The van der Waals surface area contributed by atoms with E-state index in [0.29, 0.717) is 12.3 Å². The maximum atomic E-state index is 12.1. The highest BCUT2D eigenvalue weighted by Crippen LogP contribution is 2.23. The normalized spacial score (nSPS) is 23.6. The molecule has 1 unspecified atom stereocenters. The van der Waals surface area contributed by atoms with Gasteiger partial charge >= 0.3 is 0 Å². The van der Waals surface area contributed by atoms with Gasteiger partial charge in [0, 0.05) is 0 Å². The maximum Gasteiger partial charge on any atom is 0.224 e. The van der Waals surface area contributed by atoms with Crippen LogP contribution in [0.3, 0.4) is 0 Å². The van der Waals surface area contributed by atoms with E-state index in [0.717, 1.165) is 12.0 Å². The van der Waals surface area contributed by atoms with Crippen molar-refractivity contribution in [1.82, 2.24) is 5.32 Å². The Morgan fingerprint density at radius 3 is 2.32 bits per heavy atom. The molecule has 122 valence electrons. The lowest BCUT2D eigenvalue weighted by molar-refractivity contribution is -0.121. The molecule has 1 amide bonds. The molecular weight excluding hydrogens is 298 g/mol. The maximum absolute atomic E-state index is 12.1. The lowest BCUT2D eigenvalue weighted by atomic mass is 9.99. The number of rotatable bonds is 5. The number of nitrogens with one attached hydrogen (secondary N) is 1. The highest BCUT2D eigenvalue weighted by atomic mass is 32.2. The third-order valence-corrected chi connectivity index (χ3v) is 5.88. The van der Waals surface area contributed by atoms with E-state index in [4.69, 9.17) is 0 Å². The molecule has 1 aliphatic heterocycles. The first-order chi connectivity index (χ1) is 10.2. The van der Waals surface area contributed by atoms with Crippen molar-refractivity contribution in [3.8, 4) is 0 Å². The van der Waals surface area contributed by atoms with Crippen molar-refractivity contribution in [1.29, 1.82) is 0 Å². The molecule has 0 bridgehead atoms. The SMILES string of the molecule is CC(C)Cc1ccc(CC(=O)NC2(C)CCS(=O)(=O)C2)cc1. The molecule has 1 aromatic rings. The Kier molecular flexibility index (Phi) is 4.95. The van der Waals surface area contributed by atoms with Crippen LogP contribution in [0.25, 0.3) is 0 Å². The van der Waals surface area contributed by atoms with E-state index in [2.05, 4.69) is 31.3 Å². The van der Waals surface area contributed by atoms with Crippen LogP contribution in [0, 0.1) is 5.92 Å². The van der Waals surface area contributed by atoms with E-state index in [-0.39, 0.29) is 23.8 Å². The van der Waals surface area contributed by atoms with Gasteiger partial charge < -0.3 is 5.32 Å². The summed E-state index contributed by atoms with van der Waals surface area (Å²) in [4.78, 5) is 12.1. The van der Waals surface area contributed by atoms with Crippen molar-refractivity contribution in [2.45, 2.75) is 45.6 Å². The van der Waals surface area contributed by atoms with Gasteiger partial charge in [0.05, 0.1) is 23.5 Å². The van der Waals surface area contributed by atoms with Crippen molar-refractivity contribution in [3.05, 3.63) is 35.4 Å². The van der Waals surface area contributed by atoms with E-state index in [9.17, 15) is 13.2 Å². The predicted octanol–water partition coefficient (Wildman–Crippen LogP) is 2.12. The van der Waals surface area contributed by atoms with Crippen LogP contribution in [-0.2, 0) is 27.5 Å². The molecule has 2 rings (SSSR count). The molecule has 1 aliphatic rings. The van der Waals surface area contributed by atoms with Crippen molar-refractivity contribution >= 4 is 15.7 Å². The molecule has 4 nitrogen and oxygen atoms in total. The van der Waals surface area contributed by atoms with Gasteiger partial charge in [0.1, 0.15) is 0 Å². The fraction of sp³-hybridized carbons (Fsp3) is 0.588. The van der Waals surface area contributed by atoms with Crippen LogP contribution in [0.2, 0.25) is 0 Å². The summed E-state index contributed by atoms with van der Waals surface area (Å²) in [5, 5.41) is 2.89. The zero-order valence-electron chi connectivity index (χ0n) is 13.6.